The van der Waals surface area contributed by atoms with E-state index in [2.05, 4.69) is 36.5 Å². The fraction of sp³-hybridized carbons (Fsp3) is 0.583. The maximum Gasteiger partial charge on any atom is 0.221 e. The average Bonchev–Trinajstić information content (AvgIpc) is 2.27. The van der Waals surface area contributed by atoms with E-state index in [0.717, 1.165) is 16.8 Å². The lowest BCUT2D eigenvalue weighted by atomic mass is 10.2. The van der Waals surface area contributed by atoms with Gasteiger partial charge in [-0.1, -0.05) is 6.92 Å². The molecule has 18 heavy (non-hydrogen) atoms. The number of aromatic nitrogens is 2. The number of halogens is 1. The highest BCUT2D eigenvalue weighted by molar-refractivity contribution is 9.10. The summed E-state index contributed by atoms with van der Waals surface area (Å²) >= 11 is 3.31. The van der Waals surface area contributed by atoms with Crippen LogP contribution in [0.5, 0.6) is 0 Å². The fourth-order valence-electron chi connectivity index (χ4n) is 1.37. The highest BCUT2D eigenvalue weighted by Gasteiger charge is 2.05. The van der Waals surface area contributed by atoms with Gasteiger partial charge in [0.1, 0.15) is 16.2 Å². The summed E-state index contributed by atoms with van der Waals surface area (Å²) in [5, 5.41) is 6.02. The van der Waals surface area contributed by atoms with E-state index in [4.69, 9.17) is 0 Å². The standard InChI is InChI=1S/C12H19BrN4O/c1-4-8(2)15-12(18)5-6-14-11-7-10(13)16-9(3)17-11/h7-8H,4-6H2,1-3H3,(H,15,18)(H,14,16,17). The number of carbonyl (C=O) groups is 1. The Morgan fingerprint density at radius 3 is 2.83 bits per heavy atom. The van der Waals surface area contributed by atoms with E-state index in [1.54, 1.807) is 6.07 Å². The minimum atomic E-state index is 0.0571. The monoisotopic (exact) mass is 314 g/mol. The molecule has 0 saturated carbocycles. The maximum atomic E-state index is 11.5. The Bertz CT molecular complexity index is 391. The van der Waals surface area contributed by atoms with Crippen LogP contribution in [0.15, 0.2) is 10.7 Å². The Hall–Kier alpha value is -1.17. The molecule has 6 heteroatoms. The van der Waals surface area contributed by atoms with Crippen LogP contribution in [0.3, 0.4) is 0 Å². The number of nitrogens with one attached hydrogen (secondary N) is 2. The topological polar surface area (TPSA) is 66.9 Å². The van der Waals surface area contributed by atoms with E-state index in [1.807, 2.05) is 20.8 Å². The van der Waals surface area contributed by atoms with Crippen LogP contribution in [0.4, 0.5) is 5.82 Å². The predicted octanol–water partition coefficient (Wildman–Crippen LogP) is 2.26. The molecule has 100 valence electrons. The van der Waals surface area contributed by atoms with Crippen LogP contribution in [0.25, 0.3) is 0 Å². The molecule has 2 N–H and O–H groups in total. The van der Waals surface area contributed by atoms with Gasteiger partial charge in [0.2, 0.25) is 5.91 Å². The highest BCUT2D eigenvalue weighted by atomic mass is 79.9. The number of amides is 1. The van der Waals surface area contributed by atoms with Gasteiger partial charge in [-0.05, 0) is 36.2 Å². The van der Waals surface area contributed by atoms with Crippen molar-refractivity contribution in [3.8, 4) is 0 Å². The molecule has 0 radical (unpaired) electrons. The highest BCUT2D eigenvalue weighted by Crippen LogP contribution is 2.11. The van der Waals surface area contributed by atoms with Gasteiger partial charge in [-0.15, -0.1) is 0 Å². The number of aryl methyl sites for hydroxylation is 1. The first-order valence-corrected chi connectivity index (χ1v) is 6.85. The van der Waals surface area contributed by atoms with Gasteiger partial charge in [0, 0.05) is 25.1 Å². The summed E-state index contributed by atoms with van der Waals surface area (Å²) in [6, 6.07) is 2.02. The molecule has 1 atom stereocenters. The molecule has 1 amide bonds. The Balaban J connectivity index is 2.35. The second kappa shape index (κ2) is 7.31. The zero-order valence-corrected chi connectivity index (χ0v) is 12.5. The third-order valence-electron chi connectivity index (χ3n) is 2.48. The number of hydrogen-bond acceptors (Lipinski definition) is 4. The molecule has 0 fully saturated rings. The Morgan fingerprint density at radius 2 is 2.22 bits per heavy atom. The third-order valence-corrected chi connectivity index (χ3v) is 2.89. The van der Waals surface area contributed by atoms with Crippen molar-refractivity contribution in [3.05, 3.63) is 16.5 Å². The minimum Gasteiger partial charge on any atom is -0.369 e. The summed E-state index contributed by atoms with van der Waals surface area (Å²) in [5.74, 6) is 1.48. The van der Waals surface area contributed by atoms with Crippen molar-refractivity contribution < 1.29 is 4.79 Å². The van der Waals surface area contributed by atoms with Crippen molar-refractivity contribution in [2.45, 2.75) is 39.7 Å². The lowest BCUT2D eigenvalue weighted by molar-refractivity contribution is -0.121. The van der Waals surface area contributed by atoms with Crippen molar-refractivity contribution >= 4 is 27.7 Å². The van der Waals surface area contributed by atoms with E-state index < -0.39 is 0 Å². The Labute approximate surface area is 116 Å². The SMILES string of the molecule is CCC(C)NC(=O)CCNc1cc(Br)nc(C)n1. The van der Waals surface area contributed by atoms with Gasteiger partial charge in [-0.2, -0.15) is 0 Å². The van der Waals surface area contributed by atoms with Gasteiger partial charge in [0.05, 0.1) is 0 Å². The molecule has 5 nitrogen and oxygen atoms in total. The molecular formula is C12H19BrN4O. The van der Waals surface area contributed by atoms with Crippen LogP contribution in [0.1, 0.15) is 32.5 Å². The molecule has 0 aromatic carbocycles. The number of rotatable bonds is 6. The van der Waals surface area contributed by atoms with E-state index in [1.165, 1.54) is 0 Å². The van der Waals surface area contributed by atoms with E-state index >= 15 is 0 Å². The lowest BCUT2D eigenvalue weighted by Gasteiger charge is -2.11. The lowest BCUT2D eigenvalue weighted by Crippen LogP contribution is -2.33. The van der Waals surface area contributed by atoms with Crippen molar-refractivity contribution in [2.24, 2.45) is 0 Å². The molecule has 0 saturated heterocycles. The molecule has 1 aromatic rings. The summed E-state index contributed by atoms with van der Waals surface area (Å²) in [6.45, 7) is 6.43. The van der Waals surface area contributed by atoms with Crippen LogP contribution in [-0.4, -0.2) is 28.5 Å². The number of hydrogen-bond donors (Lipinski definition) is 2. The molecule has 0 spiro atoms. The first-order valence-electron chi connectivity index (χ1n) is 6.05. The number of nitrogens with zero attached hydrogens (tertiary/aromatic N) is 2. The zero-order valence-electron chi connectivity index (χ0n) is 11.0. The molecule has 1 rings (SSSR count). The van der Waals surface area contributed by atoms with Gasteiger partial charge >= 0.3 is 0 Å². The largest absolute Gasteiger partial charge is 0.369 e. The molecule has 1 aromatic heterocycles. The van der Waals surface area contributed by atoms with Gasteiger partial charge in [0.25, 0.3) is 0 Å². The second-order valence-corrected chi connectivity index (χ2v) is 4.99. The van der Waals surface area contributed by atoms with Crippen LogP contribution in [0.2, 0.25) is 0 Å². The van der Waals surface area contributed by atoms with E-state index in [9.17, 15) is 4.79 Å². The first kappa shape index (κ1) is 14.9. The Morgan fingerprint density at radius 1 is 1.50 bits per heavy atom. The van der Waals surface area contributed by atoms with E-state index in [-0.39, 0.29) is 11.9 Å². The smallest absolute Gasteiger partial charge is 0.221 e. The second-order valence-electron chi connectivity index (χ2n) is 4.18. The summed E-state index contributed by atoms with van der Waals surface area (Å²) < 4.78 is 0.738. The van der Waals surface area contributed by atoms with Gasteiger partial charge < -0.3 is 10.6 Å². The molecule has 0 aliphatic heterocycles. The van der Waals surface area contributed by atoms with Crippen molar-refractivity contribution in [3.63, 3.8) is 0 Å². The van der Waals surface area contributed by atoms with Crippen LogP contribution in [-0.2, 0) is 4.79 Å². The minimum absolute atomic E-state index is 0.0571. The van der Waals surface area contributed by atoms with Crippen LogP contribution >= 0.6 is 15.9 Å². The van der Waals surface area contributed by atoms with Gasteiger partial charge in [-0.25, -0.2) is 9.97 Å². The predicted molar refractivity (Wildman–Crippen MR) is 75.5 cm³/mol. The molecule has 0 aliphatic rings. The van der Waals surface area contributed by atoms with Crippen molar-refractivity contribution in [2.75, 3.05) is 11.9 Å². The molecule has 0 bridgehead atoms. The van der Waals surface area contributed by atoms with Crippen molar-refractivity contribution in [1.29, 1.82) is 0 Å². The quantitative estimate of drug-likeness (QED) is 0.790. The van der Waals surface area contributed by atoms with E-state index in [0.29, 0.717) is 18.8 Å². The van der Waals surface area contributed by atoms with Crippen LogP contribution < -0.4 is 10.6 Å². The molecule has 0 aliphatic carbocycles. The molecule has 1 unspecified atom stereocenters. The number of anilines is 1. The van der Waals surface area contributed by atoms with Gasteiger partial charge in [0.15, 0.2) is 0 Å². The summed E-state index contributed by atoms with van der Waals surface area (Å²) in [7, 11) is 0. The first-order chi connectivity index (χ1) is 8.51. The molecule has 1 heterocycles. The zero-order chi connectivity index (χ0) is 13.5. The summed E-state index contributed by atoms with van der Waals surface area (Å²) in [4.78, 5) is 19.9. The molecular weight excluding hydrogens is 296 g/mol. The van der Waals surface area contributed by atoms with Gasteiger partial charge in [-0.3, -0.25) is 4.79 Å². The normalized spacial score (nSPS) is 12.0. The fourth-order valence-corrected chi connectivity index (χ4v) is 1.85. The third kappa shape index (κ3) is 5.44. The summed E-state index contributed by atoms with van der Waals surface area (Å²) in [6.07, 6.45) is 1.38. The number of carbonyl (C=O) groups excluding carboxylic acids is 1. The van der Waals surface area contributed by atoms with Crippen LogP contribution in [0, 0.1) is 6.92 Å². The average molecular weight is 315 g/mol. The Kier molecular flexibility index (Phi) is 6.04. The summed E-state index contributed by atoms with van der Waals surface area (Å²) in [5.41, 5.74) is 0. The maximum absolute atomic E-state index is 11.5. The van der Waals surface area contributed by atoms with Crippen molar-refractivity contribution in [1.82, 2.24) is 15.3 Å².